The molecule has 53 valence electrons. The summed E-state index contributed by atoms with van der Waals surface area (Å²) in [5, 5.41) is 8.89. The van der Waals surface area contributed by atoms with Crippen LogP contribution < -0.4 is 74.0 Å². The Bertz CT molecular complexity index is 64.1. The largest absolute Gasteiger partial charge is 1.00 e. The fraction of sp³-hybridized carbons (Fsp3) is 0.500. The average Bonchev–Trinajstić information content (AvgIpc) is 1.25. The van der Waals surface area contributed by atoms with Gasteiger partial charge in [-0.2, -0.15) is 0 Å². The van der Waals surface area contributed by atoms with Crippen LogP contribution in [0.5, 0.6) is 0 Å². The van der Waals surface area contributed by atoms with Crippen LogP contribution in [0.15, 0.2) is 0 Å². The van der Waals surface area contributed by atoms with Crippen LogP contribution in [0.3, 0.4) is 0 Å². The third kappa shape index (κ3) is 98.5. The van der Waals surface area contributed by atoms with Crippen molar-refractivity contribution in [3.05, 3.63) is 0 Å². The molecule has 0 unspecified atom stereocenters. The van der Waals surface area contributed by atoms with Crippen molar-refractivity contribution in [2.45, 2.75) is 6.92 Å². The molecule has 0 amide bonds. The van der Waals surface area contributed by atoms with E-state index in [0.717, 1.165) is 6.92 Å². The zero-order chi connectivity index (χ0) is 7.15. The summed E-state index contributed by atoms with van der Waals surface area (Å²) in [5.74, 6) is -1.08. The number of rotatable bonds is 0. The molecule has 0 radical (unpaired) electrons. The maximum atomic E-state index is 8.89. The normalized spacial score (nSPS) is 7.78. The second-order valence-corrected chi connectivity index (χ2v) is 8.56. The summed E-state index contributed by atoms with van der Waals surface area (Å²) in [6, 6.07) is 0. The maximum Gasteiger partial charge on any atom is 1.00 e. The number of hydrogen-bond donors (Lipinski definition) is 0. The van der Waals surface area contributed by atoms with Gasteiger partial charge in [0, 0.05) is 5.97 Å². The summed E-state index contributed by atoms with van der Waals surface area (Å²) in [7, 11) is 14.8. The van der Waals surface area contributed by atoms with Crippen molar-refractivity contribution in [2.75, 3.05) is 0 Å². The van der Waals surface area contributed by atoms with Gasteiger partial charge in [-0.3, -0.25) is 0 Å². The molecule has 0 spiro atoms. The molecule has 9 heavy (non-hydrogen) atoms. The zero-order valence-corrected chi connectivity index (χ0v) is 15.1. The molecule has 0 rings (SSSR count). The molecule has 0 saturated heterocycles. The number of carbonyl (C=O) groups is 1. The van der Waals surface area contributed by atoms with Gasteiger partial charge >= 0.3 is 111 Å². The minimum atomic E-state index is -1.75. The first-order valence-electron chi connectivity index (χ1n) is 1.31. The minimum Gasteiger partial charge on any atom is 1.00 e. The molecule has 7 heteroatoms. The van der Waals surface area contributed by atoms with Crippen LogP contribution in [0.2, 0.25) is 0 Å². The molecular formula is C2H3Cl3CsO2Ru. The SMILES string of the molecule is CC(=O)[O-].[Cl][Ru]([Cl])[Cl].[Cs+]. The summed E-state index contributed by atoms with van der Waals surface area (Å²) >= 11 is -1.75. The number of carbonyl (C=O) groups excluding carboxylic acids is 1. The first-order chi connectivity index (χ1) is 3.46. The van der Waals surface area contributed by atoms with Gasteiger partial charge in [0.1, 0.15) is 0 Å². The van der Waals surface area contributed by atoms with Gasteiger partial charge in [0.15, 0.2) is 0 Å². The summed E-state index contributed by atoms with van der Waals surface area (Å²) in [4.78, 5) is 8.89. The van der Waals surface area contributed by atoms with Crippen molar-refractivity contribution in [2.24, 2.45) is 0 Å². The zero-order valence-electron chi connectivity index (χ0n) is 4.80. The Hall–Kier alpha value is 3.02. The van der Waals surface area contributed by atoms with E-state index in [2.05, 4.69) is 0 Å². The molecule has 0 atom stereocenters. The molecule has 0 aliphatic carbocycles. The van der Waals surface area contributed by atoms with Crippen molar-refractivity contribution < 1.29 is 91.8 Å². The Labute approximate surface area is 130 Å². The third-order valence-electron chi connectivity index (χ3n) is 0. The van der Waals surface area contributed by atoms with E-state index in [1.807, 2.05) is 0 Å². The van der Waals surface area contributed by atoms with Crippen molar-refractivity contribution in [3.8, 4) is 0 Å². The topological polar surface area (TPSA) is 40.1 Å². The van der Waals surface area contributed by atoms with Gasteiger partial charge in [0.2, 0.25) is 0 Å². The number of aliphatic carboxylic acids is 1. The molecule has 0 aliphatic heterocycles. The van der Waals surface area contributed by atoms with Crippen LogP contribution in [-0.2, 0) is 17.8 Å². The standard InChI is InChI=1S/C2H4O2.3ClH.Cs.Ru/c1-2(3)4;;;;;/h1H3,(H,3,4);3*1H;;/q;;;;+1;+3/p-4. The maximum absolute atomic E-state index is 8.89. The molecule has 0 heterocycles. The van der Waals surface area contributed by atoms with Gasteiger partial charge in [-0.25, -0.2) is 0 Å². The molecule has 0 aromatic carbocycles. The summed E-state index contributed by atoms with van der Waals surface area (Å²) in [6.07, 6.45) is 0. The molecule has 0 saturated carbocycles. The Morgan fingerprint density at radius 2 is 1.44 bits per heavy atom. The van der Waals surface area contributed by atoms with E-state index in [9.17, 15) is 0 Å². The average molecular weight is 399 g/mol. The van der Waals surface area contributed by atoms with Crippen LogP contribution in [0.4, 0.5) is 0 Å². The smallest absolute Gasteiger partial charge is 1.00 e. The third-order valence-corrected chi connectivity index (χ3v) is 0. The van der Waals surface area contributed by atoms with Crippen LogP contribution in [0, 0.1) is 0 Å². The number of carboxylic acids is 1. The van der Waals surface area contributed by atoms with E-state index >= 15 is 0 Å². The molecule has 0 fully saturated rings. The molecule has 0 aromatic rings. The first kappa shape index (κ1) is 17.9. The second-order valence-electron chi connectivity index (χ2n) is 0.643. The Balaban J connectivity index is -0.0000000720. The fourth-order valence-electron chi connectivity index (χ4n) is 0. The molecule has 2 nitrogen and oxygen atoms in total. The number of hydrogen-bond acceptors (Lipinski definition) is 2. The predicted octanol–water partition coefficient (Wildman–Crippen LogP) is -2.17. The number of halogens is 3. The molecule has 0 N–H and O–H groups in total. The predicted molar refractivity (Wildman–Crippen MR) is 28.2 cm³/mol. The first-order valence-corrected chi connectivity index (χ1v) is 8.02. The molecule has 0 aliphatic rings. The monoisotopic (exact) mass is 399 g/mol. The second kappa shape index (κ2) is 13.6. The van der Waals surface area contributed by atoms with Crippen LogP contribution >= 0.6 is 29.1 Å². The van der Waals surface area contributed by atoms with E-state index in [-0.39, 0.29) is 68.9 Å². The van der Waals surface area contributed by atoms with E-state index in [1.54, 1.807) is 0 Å². The van der Waals surface area contributed by atoms with Gasteiger partial charge in [-0.05, 0) is 6.92 Å². The quantitative estimate of drug-likeness (QED) is 0.435. The fourth-order valence-corrected chi connectivity index (χ4v) is 0. The van der Waals surface area contributed by atoms with E-state index < -0.39 is 18.9 Å². The molecular weight excluding hydrogens is 396 g/mol. The Morgan fingerprint density at radius 1 is 1.44 bits per heavy atom. The van der Waals surface area contributed by atoms with Crippen molar-refractivity contribution >= 4 is 35.0 Å². The van der Waals surface area contributed by atoms with Crippen molar-refractivity contribution in [1.29, 1.82) is 0 Å². The Kier molecular flexibility index (Phi) is 27.1. The van der Waals surface area contributed by atoms with Gasteiger partial charge in [-0.15, -0.1) is 0 Å². The molecule has 0 aromatic heterocycles. The van der Waals surface area contributed by atoms with Crippen LogP contribution in [0.1, 0.15) is 6.92 Å². The van der Waals surface area contributed by atoms with Crippen molar-refractivity contribution in [1.82, 2.24) is 0 Å². The van der Waals surface area contributed by atoms with Crippen LogP contribution in [0.25, 0.3) is 0 Å². The minimum absolute atomic E-state index is 0. The number of carboxylic acid groups (broad SMARTS) is 1. The summed E-state index contributed by atoms with van der Waals surface area (Å²) in [5.41, 5.74) is 0. The molecule has 0 bridgehead atoms. The Morgan fingerprint density at radius 3 is 1.44 bits per heavy atom. The van der Waals surface area contributed by atoms with E-state index in [1.165, 1.54) is 0 Å². The van der Waals surface area contributed by atoms with Gasteiger partial charge in [0.05, 0.1) is 0 Å². The summed E-state index contributed by atoms with van der Waals surface area (Å²) in [6.45, 7) is 0.972. The van der Waals surface area contributed by atoms with Gasteiger partial charge in [-0.1, -0.05) is 0 Å². The summed E-state index contributed by atoms with van der Waals surface area (Å²) < 4.78 is 0. The van der Waals surface area contributed by atoms with Gasteiger partial charge in [0.25, 0.3) is 0 Å². The van der Waals surface area contributed by atoms with E-state index in [0.29, 0.717) is 0 Å². The van der Waals surface area contributed by atoms with Crippen LogP contribution in [-0.4, -0.2) is 5.97 Å². The van der Waals surface area contributed by atoms with Gasteiger partial charge < -0.3 is 9.90 Å². The van der Waals surface area contributed by atoms with Crippen molar-refractivity contribution in [3.63, 3.8) is 0 Å². The van der Waals surface area contributed by atoms with E-state index in [4.69, 9.17) is 39.0 Å².